The molecule has 6 nitrogen and oxygen atoms in total. The average molecular weight is 338 g/mol. The zero-order chi connectivity index (χ0) is 16.6. The van der Waals surface area contributed by atoms with E-state index in [1.807, 2.05) is 6.92 Å². The average Bonchev–Trinajstić information content (AvgIpc) is 2.88. The van der Waals surface area contributed by atoms with Crippen molar-refractivity contribution in [1.29, 1.82) is 0 Å². The predicted molar refractivity (Wildman–Crippen MR) is 79.5 cm³/mol. The molecule has 0 bridgehead atoms. The highest BCUT2D eigenvalue weighted by molar-refractivity contribution is 7.93. The number of nitrogens with one attached hydrogen (secondary N) is 1. The summed E-state index contributed by atoms with van der Waals surface area (Å²) in [6.07, 6.45) is 2.22. The molecule has 0 unspecified atom stereocenters. The summed E-state index contributed by atoms with van der Waals surface area (Å²) in [5, 5.41) is 7.80. The number of aromatic nitrogens is 3. The Morgan fingerprint density at radius 2 is 1.87 bits per heavy atom. The van der Waals surface area contributed by atoms with Crippen molar-refractivity contribution in [2.75, 3.05) is 4.72 Å². The third-order valence-electron chi connectivity index (χ3n) is 3.19. The molecular weight excluding hydrogens is 326 g/mol. The van der Waals surface area contributed by atoms with E-state index in [2.05, 4.69) is 14.9 Å². The standard InChI is InChI=1S/C14H12F2N4O2S/c1-2-13-17-18-14-12(4-3-5-20(13)14)23(21,22)19-11-7-9(15)6-10(16)8-11/h3-8,19H,2H2,1H3. The Kier molecular flexibility index (Phi) is 3.72. The fraction of sp³-hybridized carbons (Fsp3) is 0.143. The lowest BCUT2D eigenvalue weighted by atomic mass is 10.3. The van der Waals surface area contributed by atoms with Gasteiger partial charge in [-0.3, -0.25) is 9.12 Å². The molecule has 9 heteroatoms. The van der Waals surface area contributed by atoms with Crippen LogP contribution in [0.25, 0.3) is 5.65 Å². The van der Waals surface area contributed by atoms with Crippen LogP contribution in [0, 0.1) is 11.6 Å². The minimum atomic E-state index is -4.08. The molecule has 0 aliphatic heterocycles. The van der Waals surface area contributed by atoms with Crippen LogP contribution in [-0.4, -0.2) is 23.0 Å². The molecule has 2 aromatic heterocycles. The third-order valence-corrected chi connectivity index (χ3v) is 4.59. The number of nitrogens with zero attached hydrogens (tertiary/aromatic N) is 3. The molecule has 1 N–H and O–H groups in total. The predicted octanol–water partition coefficient (Wildman–Crippen LogP) is 2.37. The van der Waals surface area contributed by atoms with Gasteiger partial charge in [0.1, 0.15) is 22.4 Å². The summed E-state index contributed by atoms with van der Waals surface area (Å²) >= 11 is 0. The summed E-state index contributed by atoms with van der Waals surface area (Å²) in [5.74, 6) is -1.15. The lowest BCUT2D eigenvalue weighted by Gasteiger charge is -2.09. The van der Waals surface area contributed by atoms with Gasteiger partial charge >= 0.3 is 0 Å². The second-order valence-electron chi connectivity index (χ2n) is 4.80. The van der Waals surface area contributed by atoms with E-state index in [1.54, 1.807) is 10.6 Å². The van der Waals surface area contributed by atoms with Crippen molar-refractivity contribution < 1.29 is 17.2 Å². The molecule has 0 atom stereocenters. The van der Waals surface area contributed by atoms with Gasteiger partial charge in [-0.15, -0.1) is 10.2 Å². The highest BCUT2D eigenvalue weighted by atomic mass is 32.2. The molecule has 3 aromatic rings. The zero-order valence-corrected chi connectivity index (χ0v) is 12.8. The molecule has 0 aliphatic rings. The van der Waals surface area contributed by atoms with Crippen molar-refractivity contribution in [3.05, 3.63) is 54.0 Å². The van der Waals surface area contributed by atoms with Gasteiger partial charge in [-0.25, -0.2) is 17.2 Å². The first-order valence-corrected chi connectivity index (χ1v) is 8.20. The van der Waals surface area contributed by atoms with Crippen LogP contribution < -0.4 is 4.72 Å². The van der Waals surface area contributed by atoms with Crippen LogP contribution in [0.5, 0.6) is 0 Å². The first-order valence-electron chi connectivity index (χ1n) is 6.72. The molecule has 23 heavy (non-hydrogen) atoms. The van der Waals surface area contributed by atoms with E-state index in [9.17, 15) is 17.2 Å². The van der Waals surface area contributed by atoms with Crippen molar-refractivity contribution in [2.24, 2.45) is 0 Å². The van der Waals surface area contributed by atoms with Gasteiger partial charge in [0.2, 0.25) is 0 Å². The van der Waals surface area contributed by atoms with Crippen molar-refractivity contribution in [3.63, 3.8) is 0 Å². The van der Waals surface area contributed by atoms with Crippen LogP contribution in [0.3, 0.4) is 0 Å². The van der Waals surface area contributed by atoms with Crippen LogP contribution in [0.15, 0.2) is 41.4 Å². The van der Waals surface area contributed by atoms with Gasteiger partial charge in [-0.05, 0) is 24.3 Å². The minimum Gasteiger partial charge on any atom is -0.285 e. The smallest absolute Gasteiger partial charge is 0.265 e. The Hall–Kier alpha value is -2.55. The SMILES string of the molecule is CCc1nnc2c(S(=O)(=O)Nc3cc(F)cc(F)c3)cccn12. The van der Waals surface area contributed by atoms with Gasteiger partial charge in [-0.2, -0.15) is 0 Å². The zero-order valence-electron chi connectivity index (χ0n) is 12.0. The number of rotatable bonds is 4. The van der Waals surface area contributed by atoms with Crippen LogP contribution >= 0.6 is 0 Å². The second kappa shape index (κ2) is 5.58. The number of fused-ring (bicyclic) bond motifs is 1. The molecule has 120 valence electrons. The summed E-state index contributed by atoms with van der Waals surface area (Å²) < 4.78 is 55.1. The monoisotopic (exact) mass is 338 g/mol. The molecule has 0 amide bonds. The summed E-state index contributed by atoms with van der Waals surface area (Å²) in [4.78, 5) is -0.128. The summed E-state index contributed by atoms with van der Waals surface area (Å²) in [5.41, 5.74) is -0.0616. The van der Waals surface area contributed by atoms with E-state index in [0.29, 0.717) is 18.3 Å². The number of hydrogen-bond donors (Lipinski definition) is 1. The van der Waals surface area contributed by atoms with E-state index in [-0.39, 0.29) is 16.2 Å². The lowest BCUT2D eigenvalue weighted by Crippen LogP contribution is -2.14. The molecule has 0 saturated carbocycles. The van der Waals surface area contributed by atoms with Crippen molar-refractivity contribution in [2.45, 2.75) is 18.2 Å². The number of halogens is 2. The van der Waals surface area contributed by atoms with Crippen molar-refractivity contribution >= 4 is 21.4 Å². The van der Waals surface area contributed by atoms with Gasteiger partial charge in [-0.1, -0.05) is 6.92 Å². The summed E-state index contributed by atoms with van der Waals surface area (Å²) in [7, 11) is -4.08. The Balaban J connectivity index is 2.08. The van der Waals surface area contributed by atoms with Crippen LogP contribution in [0.4, 0.5) is 14.5 Å². The highest BCUT2D eigenvalue weighted by Crippen LogP contribution is 2.21. The normalized spacial score (nSPS) is 11.8. The Labute approximate surface area is 130 Å². The molecule has 3 rings (SSSR count). The van der Waals surface area contributed by atoms with Crippen LogP contribution in [-0.2, 0) is 16.4 Å². The Bertz CT molecular complexity index is 965. The maximum Gasteiger partial charge on any atom is 0.265 e. The van der Waals surface area contributed by atoms with E-state index in [4.69, 9.17) is 0 Å². The third kappa shape index (κ3) is 2.87. The number of pyridine rings is 1. The van der Waals surface area contributed by atoms with E-state index in [1.165, 1.54) is 12.1 Å². The lowest BCUT2D eigenvalue weighted by molar-refractivity contribution is 0.584. The first-order chi connectivity index (χ1) is 10.9. The topological polar surface area (TPSA) is 76.4 Å². The van der Waals surface area contributed by atoms with E-state index >= 15 is 0 Å². The fourth-order valence-electron chi connectivity index (χ4n) is 2.21. The second-order valence-corrected chi connectivity index (χ2v) is 6.45. The number of sulfonamides is 1. The molecule has 0 saturated heterocycles. The molecule has 0 fully saturated rings. The Morgan fingerprint density at radius 3 is 2.52 bits per heavy atom. The van der Waals surface area contributed by atoms with Gasteiger partial charge < -0.3 is 0 Å². The number of benzene rings is 1. The maximum absolute atomic E-state index is 13.2. The quantitative estimate of drug-likeness (QED) is 0.792. The summed E-state index contributed by atoms with van der Waals surface area (Å²) in [6, 6.07) is 5.33. The minimum absolute atomic E-state index is 0.128. The van der Waals surface area contributed by atoms with E-state index < -0.39 is 21.7 Å². The molecule has 0 aliphatic carbocycles. The first kappa shape index (κ1) is 15.3. The molecule has 0 radical (unpaired) electrons. The molecule has 0 spiro atoms. The van der Waals surface area contributed by atoms with Gasteiger partial charge in [0.15, 0.2) is 5.65 Å². The fourth-order valence-corrected chi connectivity index (χ4v) is 3.39. The van der Waals surface area contributed by atoms with Crippen molar-refractivity contribution in [3.8, 4) is 0 Å². The summed E-state index contributed by atoms with van der Waals surface area (Å²) in [6.45, 7) is 1.87. The van der Waals surface area contributed by atoms with Crippen LogP contribution in [0.1, 0.15) is 12.7 Å². The van der Waals surface area contributed by atoms with Gasteiger partial charge in [0.05, 0.1) is 5.69 Å². The largest absolute Gasteiger partial charge is 0.285 e. The highest BCUT2D eigenvalue weighted by Gasteiger charge is 2.21. The van der Waals surface area contributed by atoms with Crippen molar-refractivity contribution in [1.82, 2.24) is 14.6 Å². The molecule has 1 aromatic carbocycles. The number of anilines is 1. The molecule has 2 heterocycles. The Morgan fingerprint density at radius 1 is 1.17 bits per heavy atom. The van der Waals surface area contributed by atoms with Gasteiger partial charge in [0, 0.05) is 18.7 Å². The number of aryl methyl sites for hydroxylation is 1. The van der Waals surface area contributed by atoms with E-state index in [0.717, 1.165) is 12.1 Å². The molecular formula is C14H12F2N4O2S. The van der Waals surface area contributed by atoms with Crippen LogP contribution in [0.2, 0.25) is 0 Å². The number of hydrogen-bond acceptors (Lipinski definition) is 4. The maximum atomic E-state index is 13.2. The van der Waals surface area contributed by atoms with Gasteiger partial charge in [0.25, 0.3) is 10.0 Å².